The number of ether oxygens (including phenoxy) is 2. The Morgan fingerprint density at radius 2 is 2.64 bits per heavy atom. The van der Waals surface area contributed by atoms with Crippen LogP contribution in [0.2, 0.25) is 0 Å². The maximum atomic E-state index is 8.58. The number of rotatable bonds is 3. The predicted octanol–water partition coefficient (Wildman–Crippen LogP) is 0.160. The van der Waals surface area contributed by atoms with Crippen LogP contribution in [0.4, 0.5) is 0 Å². The summed E-state index contributed by atoms with van der Waals surface area (Å²) >= 11 is 0. The molecule has 1 aliphatic rings. The topological polar surface area (TPSA) is 51.0 Å². The number of aliphatic imine (C=N–C) groups is 1. The first kappa shape index (κ1) is 8.33. The minimum Gasteiger partial charge on any atom is -0.451 e. The summed E-state index contributed by atoms with van der Waals surface area (Å²) in [5.41, 5.74) is 0. The van der Waals surface area contributed by atoms with Crippen molar-refractivity contribution in [1.29, 1.82) is 0 Å². The smallest absolute Gasteiger partial charge is 0.383 e. The van der Waals surface area contributed by atoms with Crippen LogP contribution in [0.1, 0.15) is 13.3 Å². The summed E-state index contributed by atoms with van der Waals surface area (Å²) in [6, 6.07) is 0.0848. The molecule has 1 N–H and O–H groups in total. The molecule has 0 spiro atoms. The summed E-state index contributed by atoms with van der Waals surface area (Å²) in [4.78, 5) is 4.08. The zero-order valence-electron chi connectivity index (χ0n) is 6.62. The molecule has 4 heteroatoms. The van der Waals surface area contributed by atoms with Gasteiger partial charge in [-0.1, -0.05) is 0 Å². The molecule has 0 fully saturated rings. The SMILES string of the molecule is CCOC1=N[C@@H](CCO)CO1. The second-order valence-electron chi connectivity index (χ2n) is 2.31. The molecule has 0 radical (unpaired) electrons. The molecule has 0 aromatic rings. The molecule has 4 nitrogen and oxygen atoms in total. The molecule has 0 unspecified atom stereocenters. The normalized spacial score (nSPS) is 22.7. The van der Waals surface area contributed by atoms with Gasteiger partial charge in [0.2, 0.25) is 0 Å². The zero-order valence-corrected chi connectivity index (χ0v) is 6.62. The molecule has 1 aliphatic heterocycles. The van der Waals surface area contributed by atoms with Crippen LogP contribution in [0, 0.1) is 0 Å². The molecule has 0 amide bonds. The lowest BCUT2D eigenvalue weighted by molar-refractivity contribution is 0.187. The van der Waals surface area contributed by atoms with Crippen LogP contribution in [0.3, 0.4) is 0 Å². The number of aliphatic hydroxyl groups excluding tert-OH is 1. The van der Waals surface area contributed by atoms with Crippen molar-refractivity contribution in [2.75, 3.05) is 19.8 Å². The summed E-state index contributed by atoms with van der Waals surface area (Å²) in [5, 5.41) is 8.58. The van der Waals surface area contributed by atoms with E-state index in [1.54, 1.807) is 0 Å². The van der Waals surface area contributed by atoms with E-state index in [1.165, 1.54) is 0 Å². The third kappa shape index (κ3) is 2.38. The highest BCUT2D eigenvalue weighted by Crippen LogP contribution is 2.08. The lowest BCUT2D eigenvalue weighted by Gasteiger charge is -1.99. The molecule has 0 aromatic carbocycles. The molecule has 1 heterocycles. The van der Waals surface area contributed by atoms with Crippen molar-refractivity contribution in [2.45, 2.75) is 19.4 Å². The molecular weight excluding hydrogens is 146 g/mol. The zero-order chi connectivity index (χ0) is 8.10. The number of hydrogen-bond acceptors (Lipinski definition) is 4. The molecule has 1 atom stereocenters. The van der Waals surface area contributed by atoms with Gasteiger partial charge in [-0.05, 0) is 13.3 Å². The maximum Gasteiger partial charge on any atom is 0.383 e. The molecule has 0 aliphatic carbocycles. The Hall–Kier alpha value is -0.770. The molecule has 1 rings (SSSR count). The fourth-order valence-corrected chi connectivity index (χ4v) is 0.890. The Labute approximate surface area is 65.8 Å². The van der Waals surface area contributed by atoms with Crippen LogP contribution in [0.25, 0.3) is 0 Å². The average Bonchev–Trinajstić information content (AvgIpc) is 2.38. The largest absolute Gasteiger partial charge is 0.451 e. The third-order valence-electron chi connectivity index (χ3n) is 1.42. The fourth-order valence-electron chi connectivity index (χ4n) is 0.890. The van der Waals surface area contributed by atoms with Crippen molar-refractivity contribution < 1.29 is 14.6 Å². The Morgan fingerprint density at radius 3 is 3.27 bits per heavy atom. The number of hydrogen-bond donors (Lipinski definition) is 1. The van der Waals surface area contributed by atoms with Crippen LogP contribution in [0.15, 0.2) is 4.99 Å². The number of nitrogens with zero attached hydrogens (tertiary/aromatic N) is 1. The third-order valence-corrected chi connectivity index (χ3v) is 1.42. The minimum atomic E-state index is 0.0848. The van der Waals surface area contributed by atoms with Crippen molar-refractivity contribution in [3.8, 4) is 0 Å². The van der Waals surface area contributed by atoms with Gasteiger partial charge in [-0.25, -0.2) is 4.99 Å². The fraction of sp³-hybridized carbons (Fsp3) is 0.857. The summed E-state index contributed by atoms with van der Waals surface area (Å²) in [7, 11) is 0. The first-order chi connectivity index (χ1) is 5.36. The van der Waals surface area contributed by atoms with Gasteiger partial charge in [-0.2, -0.15) is 0 Å². The van der Waals surface area contributed by atoms with Crippen LogP contribution in [0.5, 0.6) is 0 Å². The van der Waals surface area contributed by atoms with E-state index in [1.807, 2.05) is 6.92 Å². The standard InChI is InChI=1S/C7H13NO3/c1-2-10-7-8-6(3-4-9)5-11-7/h6,9H,2-5H2,1H3/t6-/m0/s1. The molecule has 0 saturated carbocycles. The average molecular weight is 159 g/mol. The van der Waals surface area contributed by atoms with Crippen LogP contribution < -0.4 is 0 Å². The van der Waals surface area contributed by atoms with Crippen molar-refractivity contribution in [1.82, 2.24) is 0 Å². The highest BCUT2D eigenvalue weighted by atomic mass is 16.7. The lowest BCUT2D eigenvalue weighted by atomic mass is 10.2. The highest BCUT2D eigenvalue weighted by Gasteiger charge is 2.18. The first-order valence-corrected chi connectivity index (χ1v) is 3.81. The van der Waals surface area contributed by atoms with E-state index in [0.717, 1.165) is 0 Å². The van der Waals surface area contributed by atoms with Gasteiger partial charge in [-0.3, -0.25) is 0 Å². The van der Waals surface area contributed by atoms with Crippen LogP contribution in [-0.4, -0.2) is 37.1 Å². The van der Waals surface area contributed by atoms with E-state index >= 15 is 0 Å². The Kier molecular flexibility index (Phi) is 3.16. The van der Waals surface area contributed by atoms with Crippen LogP contribution in [-0.2, 0) is 9.47 Å². The second-order valence-corrected chi connectivity index (χ2v) is 2.31. The van der Waals surface area contributed by atoms with Gasteiger partial charge in [0.1, 0.15) is 6.61 Å². The molecule has 0 bridgehead atoms. The van der Waals surface area contributed by atoms with E-state index < -0.39 is 0 Å². The van der Waals surface area contributed by atoms with Gasteiger partial charge in [0.05, 0.1) is 12.6 Å². The minimum absolute atomic E-state index is 0.0848. The van der Waals surface area contributed by atoms with Gasteiger partial charge >= 0.3 is 6.08 Å². The Morgan fingerprint density at radius 1 is 1.82 bits per heavy atom. The van der Waals surface area contributed by atoms with E-state index in [0.29, 0.717) is 25.7 Å². The van der Waals surface area contributed by atoms with Gasteiger partial charge in [0, 0.05) is 6.61 Å². The number of aliphatic hydroxyl groups is 1. The van der Waals surface area contributed by atoms with Crippen LogP contribution >= 0.6 is 0 Å². The molecular formula is C7H13NO3. The molecule has 64 valence electrons. The van der Waals surface area contributed by atoms with Crippen molar-refractivity contribution in [3.05, 3.63) is 0 Å². The van der Waals surface area contributed by atoms with Gasteiger partial charge < -0.3 is 14.6 Å². The monoisotopic (exact) mass is 159 g/mol. The summed E-state index contributed by atoms with van der Waals surface area (Å²) < 4.78 is 10.1. The summed E-state index contributed by atoms with van der Waals surface area (Å²) in [6.45, 7) is 3.14. The van der Waals surface area contributed by atoms with Crippen molar-refractivity contribution in [3.63, 3.8) is 0 Å². The van der Waals surface area contributed by atoms with Gasteiger partial charge in [-0.15, -0.1) is 0 Å². The van der Waals surface area contributed by atoms with Crippen molar-refractivity contribution in [2.24, 2.45) is 4.99 Å². The first-order valence-electron chi connectivity index (χ1n) is 3.81. The summed E-state index contributed by atoms with van der Waals surface area (Å²) in [5.74, 6) is 0. The van der Waals surface area contributed by atoms with Gasteiger partial charge in [0.15, 0.2) is 0 Å². The molecule has 11 heavy (non-hydrogen) atoms. The highest BCUT2D eigenvalue weighted by molar-refractivity contribution is 5.68. The Balaban J connectivity index is 2.28. The van der Waals surface area contributed by atoms with E-state index in [9.17, 15) is 0 Å². The van der Waals surface area contributed by atoms with Gasteiger partial charge in [0.25, 0.3) is 0 Å². The maximum absolute atomic E-state index is 8.58. The quantitative estimate of drug-likeness (QED) is 0.638. The lowest BCUT2D eigenvalue weighted by Crippen LogP contribution is -2.08. The second kappa shape index (κ2) is 4.18. The van der Waals surface area contributed by atoms with E-state index in [4.69, 9.17) is 14.6 Å². The molecule has 0 aromatic heterocycles. The van der Waals surface area contributed by atoms with E-state index in [2.05, 4.69) is 4.99 Å². The van der Waals surface area contributed by atoms with Crippen molar-refractivity contribution >= 4 is 6.08 Å². The predicted molar refractivity (Wildman–Crippen MR) is 40.5 cm³/mol. The Bertz CT molecular complexity index is 147. The van der Waals surface area contributed by atoms with E-state index in [-0.39, 0.29) is 12.6 Å². The molecule has 0 saturated heterocycles. The summed E-state index contributed by atoms with van der Waals surface area (Å²) in [6.07, 6.45) is 1.02.